The zero-order valence-corrected chi connectivity index (χ0v) is 15.2. The summed E-state index contributed by atoms with van der Waals surface area (Å²) >= 11 is 0. The van der Waals surface area contributed by atoms with Gasteiger partial charge in [0.1, 0.15) is 6.33 Å². The van der Waals surface area contributed by atoms with Crippen LogP contribution in [0.15, 0.2) is 54.9 Å². The van der Waals surface area contributed by atoms with Gasteiger partial charge in [-0.3, -0.25) is 20.2 Å². The summed E-state index contributed by atoms with van der Waals surface area (Å²) in [5, 5.41) is 25.7. The highest BCUT2D eigenvalue weighted by molar-refractivity contribution is 5.75. The molecule has 29 heavy (non-hydrogen) atoms. The number of rotatable bonds is 5. The van der Waals surface area contributed by atoms with Crippen LogP contribution < -0.4 is 10.2 Å². The van der Waals surface area contributed by atoms with Gasteiger partial charge in [0.15, 0.2) is 0 Å². The van der Waals surface area contributed by atoms with E-state index in [1.165, 1.54) is 30.1 Å². The van der Waals surface area contributed by atoms with Gasteiger partial charge in [0.05, 0.1) is 9.85 Å². The molecule has 10 nitrogen and oxygen atoms in total. The molecule has 2 heterocycles. The highest BCUT2D eigenvalue weighted by Gasteiger charge is 2.29. The van der Waals surface area contributed by atoms with Crippen LogP contribution >= 0.6 is 0 Å². The molecule has 0 unspecified atom stereocenters. The van der Waals surface area contributed by atoms with Crippen molar-refractivity contribution in [1.29, 1.82) is 0 Å². The van der Waals surface area contributed by atoms with Gasteiger partial charge >= 0.3 is 5.69 Å². The second-order valence-corrected chi connectivity index (χ2v) is 6.52. The predicted molar refractivity (Wildman–Crippen MR) is 106 cm³/mol. The Bertz CT molecular complexity index is 1100. The zero-order valence-electron chi connectivity index (χ0n) is 15.2. The zero-order chi connectivity index (χ0) is 20.4. The van der Waals surface area contributed by atoms with Crippen molar-refractivity contribution in [2.24, 2.45) is 0 Å². The van der Waals surface area contributed by atoms with E-state index in [1.54, 1.807) is 6.07 Å². The lowest BCUT2D eigenvalue weighted by molar-refractivity contribution is -0.384. The van der Waals surface area contributed by atoms with Crippen molar-refractivity contribution in [3.05, 3.63) is 86.2 Å². The lowest BCUT2D eigenvalue weighted by atomic mass is 10.00. The van der Waals surface area contributed by atoms with Crippen LogP contribution in [0.1, 0.15) is 11.1 Å². The van der Waals surface area contributed by atoms with E-state index in [2.05, 4.69) is 21.4 Å². The summed E-state index contributed by atoms with van der Waals surface area (Å²) in [7, 11) is 0. The number of anilines is 3. The minimum absolute atomic E-state index is 0.0145. The molecular formula is C19H16N6O4. The molecule has 1 N–H and O–H groups in total. The van der Waals surface area contributed by atoms with E-state index in [0.29, 0.717) is 18.8 Å². The third-order valence-corrected chi connectivity index (χ3v) is 4.74. The maximum atomic E-state index is 11.8. The van der Waals surface area contributed by atoms with Crippen molar-refractivity contribution in [2.45, 2.75) is 13.0 Å². The molecule has 0 aliphatic carbocycles. The lowest BCUT2D eigenvalue weighted by Gasteiger charge is -2.29. The summed E-state index contributed by atoms with van der Waals surface area (Å²) in [4.78, 5) is 31.8. The van der Waals surface area contributed by atoms with Crippen LogP contribution in [-0.4, -0.2) is 26.4 Å². The average molecular weight is 392 g/mol. The van der Waals surface area contributed by atoms with Crippen LogP contribution in [0, 0.1) is 20.2 Å². The molecular weight excluding hydrogens is 376 g/mol. The standard InChI is InChI=1S/C19H16N6O4/c26-24(27)16-7-3-6-15(10-16)22-18-17(25(28)29)19(21-12-20-18)23-9-8-13-4-1-2-5-14(13)11-23/h1-7,10,12H,8-9,11H2,(H,20,21,22). The maximum absolute atomic E-state index is 11.8. The van der Waals surface area contributed by atoms with E-state index in [1.807, 2.05) is 23.1 Å². The van der Waals surface area contributed by atoms with Crippen molar-refractivity contribution in [1.82, 2.24) is 9.97 Å². The van der Waals surface area contributed by atoms with E-state index in [0.717, 1.165) is 12.0 Å². The summed E-state index contributed by atoms with van der Waals surface area (Å²) in [5.41, 5.74) is 2.25. The number of nitro benzene ring substituents is 1. The van der Waals surface area contributed by atoms with Crippen LogP contribution in [0.5, 0.6) is 0 Å². The summed E-state index contributed by atoms with van der Waals surface area (Å²) in [6.45, 7) is 1.09. The Hall–Kier alpha value is -4.08. The second-order valence-electron chi connectivity index (χ2n) is 6.52. The van der Waals surface area contributed by atoms with E-state index >= 15 is 0 Å². The van der Waals surface area contributed by atoms with Crippen molar-refractivity contribution in [3.63, 3.8) is 0 Å². The predicted octanol–water partition coefficient (Wildman–Crippen LogP) is 3.60. The van der Waals surface area contributed by atoms with E-state index < -0.39 is 9.85 Å². The van der Waals surface area contributed by atoms with Gasteiger partial charge in [0.2, 0.25) is 11.6 Å². The minimum atomic E-state index is -0.532. The van der Waals surface area contributed by atoms with E-state index in [9.17, 15) is 20.2 Å². The summed E-state index contributed by atoms with van der Waals surface area (Å²) in [5.74, 6) is 0.201. The average Bonchev–Trinajstić information content (AvgIpc) is 2.73. The van der Waals surface area contributed by atoms with Gasteiger partial charge in [-0.15, -0.1) is 0 Å². The maximum Gasteiger partial charge on any atom is 0.353 e. The molecule has 1 aromatic heterocycles. The lowest BCUT2D eigenvalue weighted by Crippen LogP contribution is -2.31. The molecule has 0 fully saturated rings. The van der Waals surface area contributed by atoms with Crippen LogP contribution in [-0.2, 0) is 13.0 Å². The van der Waals surface area contributed by atoms with E-state index in [-0.39, 0.29) is 23.0 Å². The van der Waals surface area contributed by atoms with E-state index in [4.69, 9.17) is 0 Å². The SMILES string of the molecule is O=[N+]([O-])c1cccc(Nc2ncnc(N3CCc4ccccc4C3)c2[N+](=O)[O-])c1. The first-order chi connectivity index (χ1) is 14.0. The molecule has 10 heteroatoms. The number of nitrogens with one attached hydrogen (secondary N) is 1. The van der Waals surface area contributed by atoms with Gasteiger partial charge in [-0.1, -0.05) is 30.3 Å². The number of aromatic nitrogens is 2. The number of non-ortho nitro benzene ring substituents is 1. The highest BCUT2D eigenvalue weighted by Crippen LogP contribution is 2.36. The second kappa shape index (κ2) is 7.50. The summed E-state index contributed by atoms with van der Waals surface area (Å²) in [6.07, 6.45) is 2.01. The van der Waals surface area contributed by atoms with Gasteiger partial charge in [-0.05, 0) is 23.6 Å². The molecule has 0 amide bonds. The topological polar surface area (TPSA) is 127 Å². The number of fused-ring (bicyclic) bond motifs is 1. The number of nitro groups is 2. The van der Waals surface area contributed by atoms with Gasteiger partial charge in [0, 0.05) is 30.9 Å². The molecule has 4 rings (SSSR count). The summed E-state index contributed by atoms with van der Waals surface area (Å²) in [6, 6.07) is 13.7. The Morgan fingerprint density at radius 2 is 1.76 bits per heavy atom. The molecule has 0 saturated carbocycles. The molecule has 1 aliphatic heterocycles. The first kappa shape index (κ1) is 18.3. The Labute approximate surface area is 165 Å². The first-order valence-corrected chi connectivity index (χ1v) is 8.85. The van der Waals surface area contributed by atoms with Gasteiger partial charge in [0.25, 0.3) is 5.69 Å². The fourth-order valence-electron chi connectivity index (χ4n) is 3.37. The molecule has 3 aromatic rings. The number of nitrogens with zero attached hydrogens (tertiary/aromatic N) is 5. The van der Waals surface area contributed by atoms with Crippen LogP contribution in [0.4, 0.5) is 28.7 Å². The molecule has 0 bridgehead atoms. The van der Waals surface area contributed by atoms with Crippen LogP contribution in [0.2, 0.25) is 0 Å². The Morgan fingerprint density at radius 3 is 2.52 bits per heavy atom. The van der Waals surface area contributed by atoms with Gasteiger partial charge < -0.3 is 10.2 Å². The normalized spacial score (nSPS) is 12.9. The first-order valence-electron chi connectivity index (χ1n) is 8.85. The third-order valence-electron chi connectivity index (χ3n) is 4.74. The summed E-state index contributed by atoms with van der Waals surface area (Å²) < 4.78 is 0. The van der Waals surface area contributed by atoms with Crippen LogP contribution in [0.25, 0.3) is 0 Å². The Kier molecular flexibility index (Phi) is 4.73. The smallest absolute Gasteiger partial charge is 0.346 e. The van der Waals surface area contributed by atoms with Crippen molar-refractivity contribution >= 4 is 28.7 Å². The van der Waals surface area contributed by atoms with Crippen LogP contribution in [0.3, 0.4) is 0 Å². The molecule has 1 aliphatic rings. The minimum Gasteiger partial charge on any atom is -0.346 e. The quantitative estimate of drug-likeness (QED) is 0.515. The fraction of sp³-hybridized carbons (Fsp3) is 0.158. The molecule has 0 saturated heterocycles. The molecule has 2 aromatic carbocycles. The fourth-order valence-corrected chi connectivity index (χ4v) is 3.37. The monoisotopic (exact) mass is 392 g/mol. The Morgan fingerprint density at radius 1 is 0.966 bits per heavy atom. The molecule has 0 atom stereocenters. The molecule has 0 spiro atoms. The number of hydrogen-bond donors (Lipinski definition) is 1. The number of hydrogen-bond acceptors (Lipinski definition) is 8. The van der Waals surface area contributed by atoms with Crippen molar-refractivity contribution < 1.29 is 9.85 Å². The van der Waals surface area contributed by atoms with Crippen molar-refractivity contribution in [2.75, 3.05) is 16.8 Å². The highest BCUT2D eigenvalue weighted by atomic mass is 16.6. The van der Waals surface area contributed by atoms with Gasteiger partial charge in [-0.25, -0.2) is 9.97 Å². The van der Waals surface area contributed by atoms with Gasteiger partial charge in [-0.2, -0.15) is 0 Å². The third kappa shape index (κ3) is 3.68. The largest absolute Gasteiger partial charge is 0.353 e. The molecule has 0 radical (unpaired) electrons. The number of benzene rings is 2. The van der Waals surface area contributed by atoms with Crippen molar-refractivity contribution in [3.8, 4) is 0 Å². The Balaban J connectivity index is 1.69. The molecule has 146 valence electrons.